The number of nitrogens with two attached hydrogens (primary N) is 1. The van der Waals surface area contributed by atoms with E-state index in [1.807, 2.05) is 12.1 Å². The molecule has 2 aromatic rings. The van der Waals surface area contributed by atoms with Gasteiger partial charge in [-0.3, -0.25) is 9.97 Å². The number of anilines is 1. The standard InChI is InChI=1S/C13H16N4O2S/c1-17(7-4-11-2-5-15-6-3-11)20(18,19)13-8-12(14)9-16-10-13/h2-3,5-6,8-10H,4,7,14H2,1H3. The van der Waals surface area contributed by atoms with E-state index in [0.29, 0.717) is 18.7 Å². The van der Waals surface area contributed by atoms with Gasteiger partial charge in [0.05, 0.1) is 5.69 Å². The molecule has 0 aliphatic carbocycles. The highest BCUT2D eigenvalue weighted by Crippen LogP contribution is 2.15. The Bertz CT molecular complexity index is 674. The number of pyridine rings is 2. The van der Waals surface area contributed by atoms with Crippen LogP contribution >= 0.6 is 0 Å². The van der Waals surface area contributed by atoms with Gasteiger partial charge in [0.25, 0.3) is 0 Å². The fraction of sp³-hybridized carbons (Fsp3) is 0.231. The first-order chi connectivity index (χ1) is 9.50. The molecular weight excluding hydrogens is 276 g/mol. The molecule has 0 amide bonds. The number of hydrogen-bond acceptors (Lipinski definition) is 5. The first kappa shape index (κ1) is 14.4. The molecule has 7 heteroatoms. The molecule has 6 nitrogen and oxygen atoms in total. The summed E-state index contributed by atoms with van der Waals surface area (Å²) in [6.45, 7) is 0.376. The average Bonchev–Trinajstić information content (AvgIpc) is 2.45. The maximum absolute atomic E-state index is 12.3. The van der Waals surface area contributed by atoms with Crippen LogP contribution in [0.3, 0.4) is 0 Å². The van der Waals surface area contributed by atoms with E-state index in [1.54, 1.807) is 19.4 Å². The Kier molecular flexibility index (Phi) is 4.31. The van der Waals surface area contributed by atoms with Crippen molar-refractivity contribution in [1.82, 2.24) is 14.3 Å². The second-order valence-electron chi connectivity index (χ2n) is 4.39. The van der Waals surface area contributed by atoms with E-state index in [2.05, 4.69) is 9.97 Å². The van der Waals surface area contributed by atoms with Gasteiger partial charge in [-0.2, -0.15) is 0 Å². The summed E-state index contributed by atoms with van der Waals surface area (Å²) in [5.74, 6) is 0. The summed E-state index contributed by atoms with van der Waals surface area (Å²) in [7, 11) is -2.02. The molecule has 0 unspecified atom stereocenters. The van der Waals surface area contributed by atoms with E-state index in [1.165, 1.54) is 22.8 Å². The van der Waals surface area contributed by atoms with Gasteiger partial charge in [-0.25, -0.2) is 12.7 Å². The summed E-state index contributed by atoms with van der Waals surface area (Å²) >= 11 is 0. The van der Waals surface area contributed by atoms with Crippen LogP contribution in [0, 0.1) is 0 Å². The summed E-state index contributed by atoms with van der Waals surface area (Å²) in [6.07, 6.45) is 6.70. The van der Waals surface area contributed by atoms with Crippen molar-refractivity contribution in [2.24, 2.45) is 0 Å². The van der Waals surface area contributed by atoms with E-state index < -0.39 is 10.0 Å². The number of sulfonamides is 1. The van der Waals surface area contributed by atoms with Crippen molar-refractivity contribution in [1.29, 1.82) is 0 Å². The fourth-order valence-electron chi connectivity index (χ4n) is 1.71. The van der Waals surface area contributed by atoms with E-state index in [9.17, 15) is 8.42 Å². The zero-order valence-electron chi connectivity index (χ0n) is 11.1. The molecule has 0 saturated carbocycles. The third-order valence-corrected chi connectivity index (χ3v) is 4.73. The summed E-state index contributed by atoms with van der Waals surface area (Å²) < 4.78 is 25.9. The highest BCUT2D eigenvalue weighted by Gasteiger charge is 2.20. The third-order valence-electron chi connectivity index (χ3n) is 2.91. The second kappa shape index (κ2) is 5.98. The predicted molar refractivity (Wildman–Crippen MR) is 76.4 cm³/mol. The molecule has 106 valence electrons. The van der Waals surface area contributed by atoms with Crippen LogP contribution < -0.4 is 5.73 Å². The van der Waals surface area contributed by atoms with Crippen molar-refractivity contribution >= 4 is 15.7 Å². The van der Waals surface area contributed by atoms with Crippen molar-refractivity contribution in [3.05, 3.63) is 48.5 Å². The zero-order chi connectivity index (χ0) is 14.6. The number of likely N-dealkylation sites (N-methyl/N-ethyl adjacent to an activating group) is 1. The molecule has 2 N–H and O–H groups in total. The molecule has 2 rings (SSSR count). The smallest absolute Gasteiger partial charge is 0.244 e. The Morgan fingerprint density at radius 3 is 2.55 bits per heavy atom. The summed E-state index contributed by atoms with van der Waals surface area (Å²) in [6, 6.07) is 5.14. The molecular formula is C13H16N4O2S. The van der Waals surface area contributed by atoms with Gasteiger partial charge in [0.15, 0.2) is 0 Å². The summed E-state index contributed by atoms with van der Waals surface area (Å²) in [5, 5.41) is 0. The lowest BCUT2D eigenvalue weighted by molar-refractivity contribution is 0.472. The van der Waals surface area contributed by atoms with Gasteiger partial charge < -0.3 is 5.73 Å². The van der Waals surface area contributed by atoms with Crippen molar-refractivity contribution < 1.29 is 8.42 Å². The highest BCUT2D eigenvalue weighted by molar-refractivity contribution is 7.89. The molecule has 20 heavy (non-hydrogen) atoms. The molecule has 0 atom stereocenters. The molecule has 0 saturated heterocycles. The Balaban J connectivity index is 2.10. The Morgan fingerprint density at radius 2 is 1.90 bits per heavy atom. The first-order valence-electron chi connectivity index (χ1n) is 6.06. The third kappa shape index (κ3) is 3.31. The summed E-state index contributed by atoms with van der Waals surface area (Å²) in [4.78, 5) is 7.84. The molecule has 2 heterocycles. The van der Waals surface area contributed by atoms with Gasteiger partial charge in [-0.15, -0.1) is 0 Å². The number of hydrogen-bond donors (Lipinski definition) is 1. The quantitative estimate of drug-likeness (QED) is 0.885. The lowest BCUT2D eigenvalue weighted by atomic mass is 10.2. The Morgan fingerprint density at radius 1 is 1.20 bits per heavy atom. The lowest BCUT2D eigenvalue weighted by Crippen LogP contribution is -2.29. The van der Waals surface area contributed by atoms with Gasteiger partial charge in [0.2, 0.25) is 10.0 Å². The van der Waals surface area contributed by atoms with E-state index in [0.717, 1.165) is 5.56 Å². The van der Waals surface area contributed by atoms with Crippen LogP contribution in [0.4, 0.5) is 5.69 Å². The van der Waals surface area contributed by atoms with Crippen molar-refractivity contribution in [2.45, 2.75) is 11.3 Å². The highest BCUT2D eigenvalue weighted by atomic mass is 32.2. The lowest BCUT2D eigenvalue weighted by Gasteiger charge is -2.17. The largest absolute Gasteiger partial charge is 0.397 e. The van der Waals surface area contributed by atoms with Crippen LogP contribution in [0.5, 0.6) is 0 Å². The predicted octanol–water partition coefficient (Wildman–Crippen LogP) is 0.922. The van der Waals surface area contributed by atoms with Crippen molar-refractivity contribution in [3.63, 3.8) is 0 Å². The molecule has 0 fully saturated rings. The fourth-order valence-corrected chi connectivity index (χ4v) is 2.88. The van der Waals surface area contributed by atoms with Crippen molar-refractivity contribution in [3.8, 4) is 0 Å². The van der Waals surface area contributed by atoms with Crippen LogP contribution in [0.2, 0.25) is 0 Å². The Hall–Kier alpha value is -1.99. The maximum atomic E-state index is 12.3. The van der Waals surface area contributed by atoms with E-state index in [-0.39, 0.29) is 4.90 Å². The van der Waals surface area contributed by atoms with Crippen LogP contribution in [0.15, 0.2) is 47.9 Å². The minimum Gasteiger partial charge on any atom is -0.397 e. The number of aromatic nitrogens is 2. The van der Waals surface area contributed by atoms with Crippen molar-refractivity contribution in [2.75, 3.05) is 19.3 Å². The first-order valence-corrected chi connectivity index (χ1v) is 7.50. The molecule has 2 aromatic heterocycles. The maximum Gasteiger partial charge on any atom is 0.244 e. The molecule has 0 radical (unpaired) electrons. The minimum absolute atomic E-state index is 0.106. The van der Waals surface area contributed by atoms with E-state index in [4.69, 9.17) is 5.73 Å². The second-order valence-corrected chi connectivity index (χ2v) is 6.43. The van der Waals surface area contributed by atoms with Crippen LogP contribution in [-0.2, 0) is 16.4 Å². The van der Waals surface area contributed by atoms with Gasteiger partial charge in [0.1, 0.15) is 4.90 Å². The van der Waals surface area contributed by atoms with Gasteiger partial charge in [-0.1, -0.05) is 0 Å². The van der Waals surface area contributed by atoms with Crippen LogP contribution in [0.1, 0.15) is 5.56 Å². The topological polar surface area (TPSA) is 89.2 Å². The minimum atomic E-state index is -3.56. The van der Waals surface area contributed by atoms with Crippen LogP contribution in [-0.4, -0.2) is 36.3 Å². The molecule has 0 bridgehead atoms. The Labute approximate surface area is 118 Å². The average molecular weight is 292 g/mol. The SMILES string of the molecule is CN(CCc1ccncc1)S(=O)(=O)c1cncc(N)c1. The van der Waals surface area contributed by atoms with Gasteiger partial charge in [0, 0.05) is 38.4 Å². The molecule has 0 aromatic carbocycles. The summed E-state index contributed by atoms with van der Waals surface area (Å²) in [5.41, 5.74) is 6.93. The van der Waals surface area contributed by atoms with Gasteiger partial charge in [-0.05, 0) is 30.2 Å². The number of nitrogens with zero attached hydrogens (tertiary/aromatic N) is 3. The van der Waals surface area contributed by atoms with Crippen LogP contribution in [0.25, 0.3) is 0 Å². The van der Waals surface area contributed by atoms with Gasteiger partial charge >= 0.3 is 0 Å². The normalized spacial score (nSPS) is 11.7. The monoisotopic (exact) mass is 292 g/mol. The number of rotatable bonds is 5. The van der Waals surface area contributed by atoms with E-state index >= 15 is 0 Å². The molecule has 0 spiro atoms. The molecule has 0 aliphatic rings. The molecule has 0 aliphatic heterocycles. The zero-order valence-corrected chi connectivity index (χ0v) is 11.9. The number of nitrogen functional groups attached to an aromatic ring is 1.